The van der Waals surface area contributed by atoms with E-state index < -0.39 is 0 Å². The molecule has 1 saturated heterocycles. The highest BCUT2D eigenvalue weighted by molar-refractivity contribution is 14.0. The van der Waals surface area contributed by atoms with Crippen LogP contribution in [0.4, 0.5) is 10.1 Å². The fraction of sp³-hybridized carbons (Fsp3) is 0.588. The Labute approximate surface area is 159 Å². The van der Waals surface area contributed by atoms with E-state index >= 15 is 0 Å². The molecular formula is C17H26FIN4O. The Morgan fingerprint density at radius 2 is 2.08 bits per heavy atom. The van der Waals surface area contributed by atoms with Crippen molar-refractivity contribution >= 4 is 35.6 Å². The van der Waals surface area contributed by atoms with Crippen LogP contribution in [0.5, 0.6) is 0 Å². The molecule has 134 valence electrons. The summed E-state index contributed by atoms with van der Waals surface area (Å²) in [4.78, 5) is 6.59. The molecule has 1 aliphatic heterocycles. The van der Waals surface area contributed by atoms with Gasteiger partial charge < -0.3 is 20.7 Å². The first kappa shape index (κ1) is 19.2. The summed E-state index contributed by atoms with van der Waals surface area (Å²) >= 11 is 0. The molecule has 2 fully saturated rings. The zero-order chi connectivity index (χ0) is 16.1. The van der Waals surface area contributed by atoms with Gasteiger partial charge in [-0.1, -0.05) is 6.42 Å². The predicted octanol–water partition coefficient (Wildman–Crippen LogP) is 2.48. The lowest BCUT2D eigenvalue weighted by molar-refractivity contribution is 0.122. The Bertz CT molecular complexity index is 560. The smallest absolute Gasteiger partial charge is 0.188 e. The molecule has 7 heteroatoms. The summed E-state index contributed by atoms with van der Waals surface area (Å²) in [5.74, 6) is 0.920. The first-order valence-electron chi connectivity index (χ1n) is 8.37. The number of hydrogen-bond donors (Lipinski definition) is 2. The number of anilines is 1. The molecule has 1 heterocycles. The van der Waals surface area contributed by atoms with Gasteiger partial charge in [0, 0.05) is 25.3 Å². The molecule has 3 N–H and O–H groups in total. The van der Waals surface area contributed by atoms with E-state index in [-0.39, 0.29) is 29.8 Å². The van der Waals surface area contributed by atoms with Crippen molar-refractivity contribution in [2.24, 2.45) is 16.6 Å². The summed E-state index contributed by atoms with van der Waals surface area (Å²) in [6.07, 6.45) is 3.85. The van der Waals surface area contributed by atoms with Gasteiger partial charge in [-0.05, 0) is 42.5 Å². The van der Waals surface area contributed by atoms with E-state index in [1.807, 2.05) is 6.07 Å². The quantitative estimate of drug-likeness (QED) is 0.413. The molecule has 0 spiro atoms. The molecule has 0 amide bonds. The molecular weight excluding hydrogens is 422 g/mol. The maximum absolute atomic E-state index is 13.6. The molecule has 0 unspecified atom stereocenters. The fourth-order valence-electron chi connectivity index (χ4n) is 2.97. The van der Waals surface area contributed by atoms with Crippen molar-refractivity contribution in [3.63, 3.8) is 0 Å². The first-order valence-corrected chi connectivity index (χ1v) is 8.37. The highest BCUT2D eigenvalue weighted by Gasteiger charge is 2.17. The zero-order valence-corrected chi connectivity index (χ0v) is 16.2. The van der Waals surface area contributed by atoms with E-state index in [2.05, 4.69) is 15.2 Å². The van der Waals surface area contributed by atoms with Crippen LogP contribution in [0.3, 0.4) is 0 Å². The number of nitrogens with one attached hydrogen (secondary N) is 1. The maximum Gasteiger partial charge on any atom is 0.188 e. The lowest BCUT2D eigenvalue weighted by Crippen LogP contribution is -2.37. The van der Waals surface area contributed by atoms with Gasteiger partial charge in [0.05, 0.1) is 19.8 Å². The predicted molar refractivity (Wildman–Crippen MR) is 106 cm³/mol. The Morgan fingerprint density at radius 1 is 1.33 bits per heavy atom. The van der Waals surface area contributed by atoms with Crippen LogP contribution >= 0.6 is 24.0 Å². The first-order chi connectivity index (χ1) is 11.2. The minimum Gasteiger partial charge on any atom is -0.378 e. The van der Waals surface area contributed by atoms with E-state index in [9.17, 15) is 4.39 Å². The third-order valence-electron chi connectivity index (χ3n) is 4.61. The van der Waals surface area contributed by atoms with Crippen molar-refractivity contribution in [3.8, 4) is 0 Å². The van der Waals surface area contributed by atoms with E-state index in [4.69, 9.17) is 10.5 Å². The van der Waals surface area contributed by atoms with E-state index in [1.54, 1.807) is 6.07 Å². The summed E-state index contributed by atoms with van der Waals surface area (Å²) in [5.41, 5.74) is 7.81. The monoisotopic (exact) mass is 448 g/mol. The number of rotatable bonds is 5. The van der Waals surface area contributed by atoms with Gasteiger partial charge in [-0.2, -0.15) is 0 Å². The number of benzene rings is 1. The fourth-order valence-corrected chi connectivity index (χ4v) is 2.97. The Balaban J connectivity index is 0.00000208. The molecule has 1 aromatic rings. The van der Waals surface area contributed by atoms with Crippen LogP contribution in [-0.4, -0.2) is 38.8 Å². The zero-order valence-electron chi connectivity index (χ0n) is 13.8. The number of halogens is 2. The van der Waals surface area contributed by atoms with Crippen molar-refractivity contribution < 1.29 is 9.13 Å². The third kappa shape index (κ3) is 5.20. The summed E-state index contributed by atoms with van der Waals surface area (Å²) in [6.45, 7) is 4.30. The minimum absolute atomic E-state index is 0. The highest BCUT2D eigenvalue weighted by Crippen LogP contribution is 2.25. The van der Waals surface area contributed by atoms with Gasteiger partial charge in [-0.15, -0.1) is 24.0 Å². The Kier molecular flexibility index (Phi) is 7.54. The van der Waals surface area contributed by atoms with Crippen molar-refractivity contribution in [1.29, 1.82) is 0 Å². The van der Waals surface area contributed by atoms with Crippen LogP contribution in [0.2, 0.25) is 0 Å². The number of morpholine rings is 1. The summed E-state index contributed by atoms with van der Waals surface area (Å²) in [5, 5.41) is 3.17. The molecule has 0 bridgehead atoms. The molecule has 1 aliphatic carbocycles. The lowest BCUT2D eigenvalue weighted by atomic mass is 9.85. The second-order valence-corrected chi connectivity index (χ2v) is 6.25. The average molecular weight is 448 g/mol. The largest absolute Gasteiger partial charge is 0.378 e. The number of nitrogens with two attached hydrogens (primary N) is 1. The van der Waals surface area contributed by atoms with Gasteiger partial charge >= 0.3 is 0 Å². The van der Waals surface area contributed by atoms with Gasteiger partial charge in [0.2, 0.25) is 0 Å². The van der Waals surface area contributed by atoms with Gasteiger partial charge in [-0.25, -0.2) is 9.38 Å². The number of hydrogen-bond acceptors (Lipinski definition) is 3. The number of ether oxygens (including phenoxy) is 1. The average Bonchev–Trinajstić information content (AvgIpc) is 2.52. The Hall–Kier alpha value is -1.09. The second kappa shape index (κ2) is 9.41. The standard InChI is InChI=1S/C17H25FN4O.HI/c18-15-4-5-16(22-6-8-23-9-7-22)14(10-15)12-21-17(19)20-11-13-2-1-3-13;/h4-5,10,13H,1-3,6-9,11-12H2,(H3,19,20,21);1H. The van der Waals surface area contributed by atoms with Crippen molar-refractivity contribution in [2.45, 2.75) is 25.8 Å². The van der Waals surface area contributed by atoms with E-state index in [0.29, 0.717) is 25.7 Å². The van der Waals surface area contributed by atoms with Gasteiger partial charge in [0.25, 0.3) is 0 Å². The van der Waals surface area contributed by atoms with Crippen LogP contribution < -0.4 is 16.0 Å². The summed E-state index contributed by atoms with van der Waals surface area (Å²) in [6, 6.07) is 4.87. The molecule has 0 radical (unpaired) electrons. The summed E-state index contributed by atoms with van der Waals surface area (Å²) < 4.78 is 19.0. The second-order valence-electron chi connectivity index (χ2n) is 6.25. The normalized spacial score (nSPS) is 18.7. The number of aliphatic imine (C=N–C) groups is 1. The molecule has 1 aromatic carbocycles. The van der Waals surface area contributed by atoms with E-state index in [1.165, 1.54) is 25.3 Å². The van der Waals surface area contributed by atoms with Crippen molar-refractivity contribution in [2.75, 3.05) is 37.7 Å². The number of guanidine groups is 1. The molecule has 2 aliphatic rings. The van der Waals surface area contributed by atoms with Crippen LogP contribution in [0, 0.1) is 11.7 Å². The highest BCUT2D eigenvalue weighted by atomic mass is 127. The van der Waals surface area contributed by atoms with Crippen molar-refractivity contribution in [1.82, 2.24) is 5.32 Å². The molecule has 1 saturated carbocycles. The molecule has 24 heavy (non-hydrogen) atoms. The molecule has 3 rings (SSSR count). The van der Waals surface area contributed by atoms with Crippen molar-refractivity contribution in [3.05, 3.63) is 29.6 Å². The lowest BCUT2D eigenvalue weighted by Gasteiger charge is -2.30. The van der Waals surface area contributed by atoms with Gasteiger partial charge in [0.15, 0.2) is 5.96 Å². The Morgan fingerprint density at radius 3 is 2.75 bits per heavy atom. The molecule has 0 aromatic heterocycles. The third-order valence-corrected chi connectivity index (χ3v) is 4.61. The van der Waals surface area contributed by atoms with Crippen LogP contribution in [0.15, 0.2) is 23.2 Å². The van der Waals surface area contributed by atoms with Crippen LogP contribution in [-0.2, 0) is 11.3 Å². The van der Waals surface area contributed by atoms with Gasteiger partial charge in [-0.3, -0.25) is 0 Å². The SMILES string of the molecule is I.NC(=NCc1cc(F)ccc1N1CCOCC1)NCC1CCC1. The van der Waals surface area contributed by atoms with Gasteiger partial charge in [0.1, 0.15) is 5.82 Å². The molecule has 0 atom stereocenters. The molecule has 5 nitrogen and oxygen atoms in total. The van der Waals surface area contributed by atoms with Crippen LogP contribution in [0.1, 0.15) is 24.8 Å². The minimum atomic E-state index is -0.242. The van der Waals surface area contributed by atoms with Crippen LogP contribution in [0.25, 0.3) is 0 Å². The van der Waals surface area contributed by atoms with E-state index in [0.717, 1.165) is 36.8 Å². The topological polar surface area (TPSA) is 62.9 Å². The maximum atomic E-state index is 13.6. The summed E-state index contributed by atoms with van der Waals surface area (Å²) in [7, 11) is 0. The number of nitrogens with zero attached hydrogens (tertiary/aromatic N) is 2.